The van der Waals surface area contributed by atoms with Gasteiger partial charge >= 0.3 is 0 Å². The van der Waals surface area contributed by atoms with Crippen LogP contribution in [0.3, 0.4) is 0 Å². The van der Waals surface area contributed by atoms with E-state index in [2.05, 4.69) is 74.7 Å². The molecular formula is C76H89N23O5S2. The van der Waals surface area contributed by atoms with Gasteiger partial charge < -0.3 is 20.9 Å². The number of aromatic nitrogens is 18. The Morgan fingerprint density at radius 2 is 0.792 bits per heavy atom. The van der Waals surface area contributed by atoms with Crippen LogP contribution in [-0.2, 0) is 66.9 Å². The Hall–Kier alpha value is -11.1. The van der Waals surface area contributed by atoms with E-state index in [9.17, 15) is 21.6 Å². The van der Waals surface area contributed by atoms with Gasteiger partial charge in [-0.2, -0.15) is 34.9 Å². The maximum atomic E-state index is 12.3. The number of piperidine rings is 2. The van der Waals surface area contributed by atoms with Gasteiger partial charge in [-0.3, -0.25) is 32.9 Å². The molecule has 0 saturated carbocycles. The molecule has 3 fully saturated rings. The highest BCUT2D eigenvalue weighted by Gasteiger charge is 2.30. The third kappa shape index (κ3) is 18.1. The summed E-state index contributed by atoms with van der Waals surface area (Å²) in [5.41, 5.74) is 14.3. The van der Waals surface area contributed by atoms with Crippen molar-refractivity contribution in [1.29, 1.82) is 0 Å². The molecule has 3 aliphatic heterocycles. The molecule has 9 aromatic heterocycles. The topological polar surface area (TPSA) is 312 Å². The zero-order valence-electron chi connectivity index (χ0n) is 60.9. The second-order valence-electron chi connectivity index (χ2n) is 27.4. The highest BCUT2D eigenvalue weighted by molar-refractivity contribution is 7.91. The Labute approximate surface area is 617 Å². The molecule has 30 heteroatoms. The van der Waals surface area contributed by atoms with Gasteiger partial charge in [0.15, 0.2) is 17.5 Å². The summed E-state index contributed by atoms with van der Waals surface area (Å²) in [7, 11) is 5.17. The quantitative estimate of drug-likeness (QED) is 0.0638. The van der Waals surface area contributed by atoms with Crippen LogP contribution in [-0.4, -0.2) is 183 Å². The van der Waals surface area contributed by atoms with Crippen molar-refractivity contribution < 1.29 is 21.6 Å². The Morgan fingerprint density at radius 1 is 0.443 bits per heavy atom. The fourth-order valence-corrected chi connectivity index (χ4v) is 16.5. The van der Waals surface area contributed by atoms with Crippen molar-refractivity contribution in [3.05, 3.63) is 166 Å². The van der Waals surface area contributed by atoms with Crippen molar-refractivity contribution in [2.45, 2.75) is 89.3 Å². The number of sulfone groups is 1. The molecule has 550 valence electrons. The van der Waals surface area contributed by atoms with Gasteiger partial charge in [0, 0.05) is 216 Å². The predicted molar refractivity (Wildman–Crippen MR) is 411 cm³/mol. The normalized spacial score (nSPS) is 16.2. The molecule has 3 N–H and O–H groups in total. The van der Waals surface area contributed by atoms with Crippen molar-refractivity contribution in [2.24, 2.45) is 42.3 Å². The molecule has 0 spiro atoms. The van der Waals surface area contributed by atoms with Crippen molar-refractivity contribution >= 4 is 43.2 Å². The maximum Gasteiger partial charge on any atom is 0.219 e. The molecule has 0 aliphatic carbocycles. The standard InChI is InChI=1S/C27H32N8O.C26H32N8O2S.C23H25N7O2S/c1-19(36)35-12-5-4-9-24(35)10-11-28-27-25(23-15-31-34(3)18-23)16-29-26(32-27)21-8-6-7-20(13-21)22-14-30-33(2)17-22;1-32-17-21(14-29-32)19-7-6-8-20(13-19)25-28-16-24(22-15-30-33(2)18-22)26(31-25)27-11-10-23-9-4-5-12-34(23)37(3,35)36;1-29-14-18(11-25-29)16-4-3-5-17(10-16)22-24-13-21(19-12-26-30(2)15-19)23(28-22)27-20-6-8-33(31,32)9-7-20/h6-8,13-18,24H,4-5,9-12H2,1-3H3,(H,28,29,32);6-8,13-18,23H,4-5,9-12H2,1-3H3,(H,27,28,31);3-5,10-15,20H,6-9H2,1-2H3,(H,24,27,28). The Kier molecular flexibility index (Phi) is 22.4. The summed E-state index contributed by atoms with van der Waals surface area (Å²) >= 11 is 0. The lowest BCUT2D eigenvalue weighted by Crippen LogP contribution is -2.43. The van der Waals surface area contributed by atoms with Crippen molar-refractivity contribution in [3.63, 3.8) is 0 Å². The Morgan fingerprint density at radius 3 is 1.17 bits per heavy atom. The fraction of sp³-hybridized carbons (Fsp3) is 0.355. The SMILES string of the molecule is CC(=O)N1CCCCC1CCNc1nc(-c2cccc(-c3cnn(C)c3)c2)ncc1-c1cnn(C)c1.Cn1cc(-c2cccc(-c3ncc(-c4cnn(C)c4)c(NC4CCS(=O)(=O)CC4)n3)c2)cn1.Cn1cc(-c2cccc(-c3ncc(-c4cnn(C)c4)c(NCCC4CCCCN4S(C)(=O)=O)n3)c2)cn1. The fourth-order valence-electron chi connectivity index (χ4n) is 13.8. The van der Waals surface area contributed by atoms with Crippen LogP contribution in [0.2, 0.25) is 0 Å². The van der Waals surface area contributed by atoms with Crippen molar-refractivity contribution in [3.8, 4) is 101 Å². The molecule has 3 saturated heterocycles. The number of hydrogen-bond donors (Lipinski definition) is 3. The molecular weight excluding hydrogens is 1380 g/mol. The third-order valence-electron chi connectivity index (χ3n) is 19.4. The number of rotatable bonds is 20. The molecule has 28 nitrogen and oxygen atoms in total. The number of nitrogens with zero attached hydrogens (tertiary/aromatic N) is 20. The number of hydrogen-bond acceptors (Lipinski definition) is 20. The first kappa shape index (κ1) is 73.2. The van der Waals surface area contributed by atoms with E-state index in [-0.39, 0.29) is 35.5 Å². The number of carbonyl (C=O) groups is 1. The molecule has 1 amide bonds. The number of sulfonamides is 1. The minimum atomic E-state index is -3.22. The molecule has 12 heterocycles. The largest absolute Gasteiger partial charge is 0.369 e. The van der Waals surface area contributed by atoms with E-state index in [4.69, 9.17) is 19.9 Å². The highest BCUT2D eigenvalue weighted by Crippen LogP contribution is 2.36. The molecule has 0 bridgehead atoms. The monoisotopic (exact) mass is 1470 g/mol. The summed E-state index contributed by atoms with van der Waals surface area (Å²) < 4.78 is 60.5. The smallest absolute Gasteiger partial charge is 0.219 e. The number of likely N-dealkylation sites (tertiary alicyclic amines) is 1. The maximum absolute atomic E-state index is 12.3. The van der Waals surface area contributed by atoms with E-state index in [1.807, 2.05) is 176 Å². The van der Waals surface area contributed by atoms with Crippen molar-refractivity contribution in [2.75, 3.05) is 59.9 Å². The lowest BCUT2D eigenvalue weighted by molar-refractivity contribution is -0.132. The third-order valence-corrected chi connectivity index (χ3v) is 22.4. The second kappa shape index (κ2) is 32.5. The summed E-state index contributed by atoms with van der Waals surface area (Å²) in [6.07, 6.45) is 38.3. The molecule has 0 radical (unpaired) electrons. The number of benzene rings is 3. The summed E-state index contributed by atoms with van der Waals surface area (Å²) in [6, 6.07) is 24.6. The van der Waals surface area contributed by atoms with Crippen LogP contribution >= 0.6 is 0 Å². The average Bonchev–Trinajstić information content (AvgIpc) is 1.63. The first-order valence-corrected chi connectivity index (χ1v) is 39.3. The molecule has 2 unspecified atom stereocenters. The molecule has 106 heavy (non-hydrogen) atoms. The van der Waals surface area contributed by atoms with Gasteiger partial charge in [0.05, 0.1) is 54.9 Å². The zero-order chi connectivity index (χ0) is 74.1. The molecule has 12 aromatic rings. The minimum absolute atomic E-state index is 0.00411. The van der Waals surface area contributed by atoms with Gasteiger partial charge in [0.2, 0.25) is 15.9 Å². The van der Waals surface area contributed by atoms with Gasteiger partial charge in [0.25, 0.3) is 0 Å². The second-order valence-corrected chi connectivity index (χ2v) is 31.7. The van der Waals surface area contributed by atoms with Crippen LogP contribution in [0.4, 0.5) is 17.5 Å². The summed E-state index contributed by atoms with van der Waals surface area (Å²) in [4.78, 5) is 42.9. The van der Waals surface area contributed by atoms with Crippen LogP contribution in [0.5, 0.6) is 0 Å². The van der Waals surface area contributed by atoms with Crippen LogP contribution < -0.4 is 16.0 Å². The van der Waals surface area contributed by atoms with Crippen LogP contribution in [0, 0.1) is 0 Å². The van der Waals surface area contributed by atoms with Gasteiger partial charge in [-0.25, -0.2) is 46.7 Å². The molecule has 3 aromatic carbocycles. The van der Waals surface area contributed by atoms with Crippen LogP contribution in [0.25, 0.3) is 101 Å². The van der Waals surface area contributed by atoms with E-state index in [0.29, 0.717) is 68.0 Å². The lowest BCUT2D eigenvalue weighted by Gasteiger charge is -2.35. The first-order valence-electron chi connectivity index (χ1n) is 35.7. The first-order chi connectivity index (χ1) is 51.1. The lowest BCUT2D eigenvalue weighted by atomic mass is 9.99. The Bertz CT molecular complexity index is 5270. The van der Waals surface area contributed by atoms with Gasteiger partial charge in [0.1, 0.15) is 27.3 Å². The summed E-state index contributed by atoms with van der Waals surface area (Å²) in [5.74, 6) is 4.55. The summed E-state index contributed by atoms with van der Waals surface area (Å²) in [6.45, 7) is 4.42. The van der Waals surface area contributed by atoms with E-state index < -0.39 is 19.9 Å². The highest BCUT2D eigenvalue weighted by atomic mass is 32.2. The van der Waals surface area contributed by atoms with E-state index in [1.54, 1.807) is 57.9 Å². The zero-order valence-corrected chi connectivity index (χ0v) is 62.6. The number of carbonyl (C=O) groups excluding carboxylic acids is 1. The number of anilines is 3. The summed E-state index contributed by atoms with van der Waals surface area (Å²) in [5, 5.41) is 36.2. The Balaban J connectivity index is 0.000000141. The number of aryl methyl sites for hydroxylation is 6. The molecule has 2 atom stereocenters. The average molecular weight is 1470 g/mol. The van der Waals surface area contributed by atoms with Crippen molar-refractivity contribution in [1.82, 2.24) is 97.8 Å². The van der Waals surface area contributed by atoms with Crippen LogP contribution in [0.15, 0.2) is 166 Å². The number of nitrogens with one attached hydrogen (secondary N) is 3. The van der Waals surface area contributed by atoms with Gasteiger partial charge in [-0.1, -0.05) is 61.0 Å². The van der Waals surface area contributed by atoms with E-state index in [0.717, 1.165) is 134 Å². The molecule has 15 rings (SSSR count). The predicted octanol–water partition coefficient (Wildman–Crippen LogP) is 10.6. The van der Waals surface area contributed by atoms with E-state index in [1.165, 1.54) is 12.7 Å². The number of amides is 1. The molecule has 3 aliphatic rings. The van der Waals surface area contributed by atoms with Gasteiger partial charge in [-0.05, 0) is 92.7 Å². The van der Waals surface area contributed by atoms with Gasteiger partial charge in [-0.15, -0.1) is 0 Å². The van der Waals surface area contributed by atoms with Crippen LogP contribution in [0.1, 0.15) is 71.1 Å². The minimum Gasteiger partial charge on any atom is -0.369 e. The van der Waals surface area contributed by atoms with E-state index >= 15 is 0 Å².